The van der Waals surface area contributed by atoms with E-state index in [1.54, 1.807) is 0 Å². The fraction of sp³-hybridized carbons (Fsp3) is 0.0612. The molecule has 6 nitrogen and oxygen atoms in total. The van der Waals surface area contributed by atoms with Gasteiger partial charge in [0, 0.05) is 44.0 Å². The fourth-order valence-corrected chi connectivity index (χ4v) is 8.46. The van der Waals surface area contributed by atoms with Crippen molar-refractivity contribution in [1.82, 2.24) is 24.5 Å². The van der Waals surface area contributed by atoms with E-state index < -0.39 is 0 Å². The highest BCUT2D eigenvalue weighted by Gasteiger charge is 2.37. The average molecular weight is 708 g/mol. The van der Waals surface area contributed by atoms with Crippen LogP contribution in [0.1, 0.15) is 25.0 Å². The lowest BCUT2D eigenvalue weighted by atomic mass is 9.82. The standard InChI is InChI=1S/C49H33N5O/c1-49(2)37-21-11-9-20-35(37)43-38(49)27-26-34-33-19-10-13-23-40(33)54(44(34)43)41-28-25-32(48-50-39-22-12-14-24-42(39)55-48)29-36(41)47-52-45(30-15-5-3-6-16-30)51-46(53-47)31-17-7-4-8-18-31/h3-29H,1-2H3. The van der Waals surface area contributed by atoms with Gasteiger partial charge in [0.25, 0.3) is 0 Å². The molecule has 7 aromatic carbocycles. The molecule has 0 aliphatic heterocycles. The summed E-state index contributed by atoms with van der Waals surface area (Å²) in [5.41, 5.74) is 13.2. The van der Waals surface area contributed by atoms with Gasteiger partial charge in [-0.3, -0.25) is 0 Å². The normalized spacial score (nSPS) is 13.1. The maximum Gasteiger partial charge on any atom is 0.227 e. The van der Waals surface area contributed by atoms with E-state index in [0.717, 1.165) is 50.1 Å². The summed E-state index contributed by atoms with van der Waals surface area (Å²) in [5.74, 6) is 2.29. The summed E-state index contributed by atoms with van der Waals surface area (Å²) in [7, 11) is 0. The first-order valence-electron chi connectivity index (χ1n) is 18.6. The highest BCUT2D eigenvalue weighted by atomic mass is 16.3. The van der Waals surface area contributed by atoms with Crippen molar-refractivity contribution in [2.75, 3.05) is 0 Å². The summed E-state index contributed by atoms with van der Waals surface area (Å²) in [6, 6.07) is 56.6. The third-order valence-corrected chi connectivity index (χ3v) is 11.1. The van der Waals surface area contributed by atoms with E-state index in [1.165, 1.54) is 33.0 Å². The number of aromatic nitrogens is 5. The summed E-state index contributed by atoms with van der Waals surface area (Å²) in [6.07, 6.45) is 0. The van der Waals surface area contributed by atoms with Crippen molar-refractivity contribution < 1.29 is 4.42 Å². The predicted octanol–water partition coefficient (Wildman–Crippen LogP) is 12.1. The number of hydrogen-bond acceptors (Lipinski definition) is 5. The molecule has 3 heterocycles. The molecule has 3 aromatic heterocycles. The zero-order valence-corrected chi connectivity index (χ0v) is 30.2. The molecular weight excluding hydrogens is 675 g/mol. The van der Waals surface area contributed by atoms with Gasteiger partial charge in [-0.2, -0.15) is 0 Å². The summed E-state index contributed by atoms with van der Waals surface area (Å²) >= 11 is 0. The van der Waals surface area contributed by atoms with Crippen molar-refractivity contribution in [3.8, 4) is 62.4 Å². The average Bonchev–Trinajstić information content (AvgIpc) is 3.90. The summed E-state index contributed by atoms with van der Waals surface area (Å²) in [4.78, 5) is 20.4. The fourth-order valence-electron chi connectivity index (χ4n) is 8.46. The van der Waals surface area contributed by atoms with Crippen molar-refractivity contribution in [2.45, 2.75) is 19.3 Å². The van der Waals surface area contributed by atoms with E-state index in [0.29, 0.717) is 23.4 Å². The monoisotopic (exact) mass is 707 g/mol. The maximum absolute atomic E-state index is 6.35. The van der Waals surface area contributed by atoms with E-state index in [4.69, 9.17) is 24.4 Å². The Hall–Kier alpha value is -7.18. The number of oxazole rings is 1. The van der Waals surface area contributed by atoms with Crippen LogP contribution in [-0.4, -0.2) is 24.5 Å². The molecule has 0 bridgehead atoms. The first kappa shape index (κ1) is 31.4. The van der Waals surface area contributed by atoms with E-state index in [9.17, 15) is 0 Å². The van der Waals surface area contributed by atoms with Gasteiger partial charge in [-0.15, -0.1) is 0 Å². The molecule has 0 saturated heterocycles. The second kappa shape index (κ2) is 11.9. The van der Waals surface area contributed by atoms with Crippen molar-refractivity contribution >= 4 is 32.9 Å². The second-order valence-electron chi connectivity index (χ2n) is 14.7. The molecule has 0 radical (unpaired) electrons. The topological polar surface area (TPSA) is 69.6 Å². The summed E-state index contributed by atoms with van der Waals surface area (Å²) < 4.78 is 8.77. The molecule has 0 N–H and O–H groups in total. The molecule has 10 aromatic rings. The van der Waals surface area contributed by atoms with E-state index >= 15 is 0 Å². The summed E-state index contributed by atoms with van der Waals surface area (Å²) in [5, 5.41) is 2.38. The van der Waals surface area contributed by atoms with Crippen LogP contribution in [0.25, 0.3) is 95.3 Å². The van der Waals surface area contributed by atoms with Crippen molar-refractivity contribution in [3.63, 3.8) is 0 Å². The zero-order valence-electron chi connectivity index (χ0n) is 30.2. The Balaban J connectivity index is 1.26. The van der Waals surface area contributed by atoms with Gasteiger partial charge in [0.2, 0.25) is 5.89 Å². The number of benzene rings is 7. The highest BCUT2D eigenvalue weighted by Crippen LogP contribution is 2.53. The molecule has 0 spiro atoms. The molecule has 0 amide bonds. The predicted molar refractivity (Wildman–Crippen MR) is 221 cm³/mol. The molecule has 1 aliphatic carbocycles. The lowest BCUT2D eigenvalue weighted by Crippen LogP contribution is -2.14. The highest BCUT2D eigenvalue weighted by molar-refractivity contribution is 6.16. The van der Waals surface area contributed by atoms with E-state index in [-0.39, 0.29) is 5.41 Å². The quantitative estimate of drug-likeness (QED) is 0.178. The van der Waals surface area contributed by atoms with Gasteiger partial charge in [0.15, 0.2) is 23.1 Å². The molecule has 0 atom stereocenters. The van der Waals surface area contributed by atoms with Crippen LogP contribution in [0.15, 0.2) is 168 Å². The first-order valence-corrected chi connectivity index (χ1v) is 18.6. The van der Waals surface area contributed by atoms with Crippen LogP contribution in [0.4, 0.5) is 0 Å². The number of fused-ring (bicyclic) bond motifs is 8. The van der Waals surface area contributed by atoms with Crippen LogP contribution in [0.2, 0.25) is 0 Å². The van der Waals surface area contributed by atoms with Crippen molar-refractivity contribution in [3.05, 3.63) is 175 Å². The number of hydrogen-bond donors (Lipinski definition) is 0. The smallest absolute Gasteiger partial charge is 0.227 e. The van der Waals surface area contributed by atoms with Crippen molar-refractivity contribution in [2.24, 2.45) is 0 Å². The Morgan fingerprint density at radius 3 is 1.91 bits per heavy atom. The second-order valence-corrected chi connectivity index (χ2v) is 14.7. The maximum atomic E-state index is 6.35. The Kier molecular flexibility index (Phi) is 6.79. The van der Waals surface area contributed by atoms with E-state index in [1.807, 2.05) is 84.9 Å². The van der Waals surface area contributed by atoms with Crippen LogP contribution in [0.3, 0.4) is 0 Å². The molecule has 0 unspecified atom stereocenters. The van der Waals surface area contributed by atoms with Gasteiger partial charge >= 0.3 is 0 Å². The first-order chi connectivity index (χ1) is 27.0. The zero-order chi connectivity index (χ0) is 36.7. The molecule has 260 valence electrons. The van der Waals surface area contributed by atoms with Crippen LogP contribution in [0, 0.1) is 0 Å². The molecule has 0 fully saturated rings. The third-order valence-electron chi connectivity index (χ3n) is 11.1. The SMILES string of the molecule is CC1(C)c2ccccc2-c2c1ccc1c3ccccc3n(-c3ccc(-c4nc5ccccc5o4)cc3-c3nc(-c4ccccc4)nc(-c4ccccc4)n3)c21. The Morgan fingerprint density at radius 2 is 1.15 bits per heavy atom. The largest absolute Gasteiger partial charge is 0.436 e. The molecule has 1 aliphatic rings. The Bertz CT molecular complexity index is 3030. The van der Waals surface area contributed by atoms with Gasteiger partial charge < -0.3 is 8.98 Å². The third kappa shape index (κ3) is 4.81. The number of rotatable bonds is 5. The van der Waals surface area contributed by atoms with Crippen LogP contribution in [-0.2, 0) is 5.41 Å². The molecule has 6 heteroatoms. The number of para-hydroxylation sites is 3. The minimum absolute atomic E-state index is 0.162. The summed E-state index contributed by atoms with van der Waals surface area (Å²) in [6.45, 7) is 4.66. The Morgan fingerprint density at radius 1 is 0.491 bits per heavy atom. The van der Waals surface area contributed by atoms with Crippen LogP contribution < -0.4 is 0 Å². The van der Waals surface area contributed by atoms with Gasteiger partial charge in [0.05, 0.1) is 16.7 Å². The van der Waals surface area contributed by atoms with Gasteiger partial charge in [-0.1, -0.05) is 141 Å². The lowest BCUT2D eigenvalue weighted by Gasteiger charge is -2.21. The molecule has 55 heavy (non-hydrogen) atoms. The van der Waals surface area contributed by atoms with Crippen molar-refractivity contribution in [1.29, 1.82) is 0 Å². The molecule has 11 rings (SSSR count). The van der Waals surface area contributed by atoms with Gasteiger partial charge in [0.1, 0.15) is 5.52 Å². The van der Waals surface area contributed by atoms with Gasteiger partial charge in [-0.05, 0) is 53.1 Å². The van der Waals surface area contributed by atoms with E-state index in [2.05, 4.69) is 97.3 Å². The molecule has 0 saturated carbocycles. The minimum atomic E-state index is -0.162. The number of nitrogens with zero attached hydrogens (tertiary/aromatic N) is 5. The van der Waals surface area contributed by atoms with Crippen LogP contribution in [0.5, 0.6) is 0 Å². The van der Waals surface area contributed by atoms with Gasteiger partial charge in [-0.25, -0.2) is 19.9 Å². The minimum Gasteiger partial charge on any atom is -0.436 e. The molecular formula is C49H33N5O. The lowest BCUT2D eigenvalue weighted by molar-refractivity contribution is 0.620. The van der Waals surface area contributed by atoms with Crippen LogP contribution >= 0.6 is 0 Å². The Labute approximate surface area is 317 Å².